The molecule has 0 radical (unpaired) electrons. The molecular formula is C14H18ClFN2O. The highest BCUT2D eigenvalue weighted by Gasteiger charge is 2.28. The number of anilines is 1. The van der Waals surface area contributed by atoms with Crippen LogP contribution in [0.1, 0.15) is 33.1 Å². The monoisotopic (exact) mass is 284 g/mol. The number of hydrogen-bond donors (Lipinski definition) is 1. The van der Waals surface area contributed by atoms with Gasteiger partial charge < -0.3 is 10.2 Å². The van der Waals surface area contributed by atoms with Crippen molar-refractivity contribution in [3.8, 4) is 0 Å². The first kappa shape index (κ1) is 14.1. The Labute approximate surface area is 117 Å². The number of nitrogens with zero attached hydrogens (tertiary/aromatic N) is 1. The summed E-state index contributed by atoms with van der Waals surface area (Å²) in [6.07, 6.45) is 3.18. The SMILES string of the molecule is C[C@H]1CCC[C@H](C)N1C(=O)Nc1ccc(F)c(Cl)c1. The zero-order valence-electron chi connectivity index (χ0n) is 11.1. The molecule has 1 heterocycles. The van der Waals surface area contributed by atoms with Crippen LogP contribution in [0.4, 0.5) is 14.9 Å². The van der Waals surface area contributed by atoms with E-state index in [2.05, 4.69) is 5.32 Å². The number of benzene rings is 1. The molecule has 2 atom stereocenters. The maximum absolute atomic E-state index is 13.1. The van der Waals surface area contributed by atoms with Gasteiger partial charge in [-0.3, -0.25) is 0 Å². The van der Waals surface area contributed by atoms with E-state index in [-0.39, 0.29) is 23.1 Å². The maximum atomic E-state index is 13.1. The Balaban J connectivity index is 2.09. The molecule has 1 aromatic carbocycles. The molecule has 0 aromatic heterocycles. The van der Waals surface area contributed by atoms with Crippen LogP contribution < -0.4 is 5.32 Å². The zero-order valence-corrected chi connectivity index (χ0v) is 11.9. The molecule has 1 aromatic rings. The minimum absolute atomic E-state index is 0.0116. The molecule has 0 unspecified atom stereocenters. The highest BCUT2D eigenvalue weighted by Crippen LogP contribution is 2.24. The summed E-state index contributed by atoms with van der Waals surface area (Å²) in [5.41, 5.74) is 0.515. The number of urea groups is 1. The third kappa shape index (κ3) is 3.18. The average molecular weight is 285 g/mol. The topological polar surface area (TPSA) is 32.3 Å². The lowest BCUT2D eigenvalue weighted by atomic mass is 9.98. The molecule has 104 valence electrons. The van der Waals surface area contributed by atoms with Crippen LogP contribution in [-0.2, 0) is 0 Å². The number of halogens is 2. The molecule has 0 aliphatic carbocycles. The molecule has 1 N–H and O–H groups in total. The van der Waals surface area contributed by atoms with Crippen molar-refractivity contribution in [2.45, 2.75) is 45.2 Å². The number of amides is 2. The first-order chi connectivity index (χ1) is 8.99. The van der Waals surface area contributed by atoms with Crippen molar-refractivity contribution in [1.82, 2.24) is 4.90 Å². The first-order valence-electron chi connectivity index (χ1n) is 6.53. The highest BCUT2D eigenvalue weighted by molar-refractivity contribution is 6.31. The fraction of sp³-hybridized carbons (Fsp3) is 0.500. The molecule has 2 amide bonds. The second kappa shape index (κ2) is 5.78. The largest absolute Gasteiger partial charge is 0.322 e. The third-order valence-corrected chi connectivity index (χ3v) is 3.89. The summed E-state index contributed by atoms with van der Waals surface area (Å²) >= 11 is 5.70. The Morgan fingerprint density at radius 1 is 1.37 bits per heavy atom. The summed E-state index contributed by atoms with van der Waals surface area (Å²) in [5.74, 6) is -0.487. The Morgan fingerprint density at radius 2 is 2.00 bits per heavy atom. The van der Waals surface area contributed by atoms with E-state index in [4.69, 9.17) is 11.6 Å². The quantitative estimate of drug-likeness (QED) is 0.820. The summed E-state index contributed by atoms with van der Waals surface area (Å²) in [4.78, 5) is 14.1. The molecule has 0 bridgehead atoms. The summed E-state index contributed by atoms with van der Waals surface area (Å²) < 4.78 is 13.1. The van der Waals surface area contributed by atoms with Gasteiger partial charge in [0, 0.05) is 17.8 Å². The van der Waals surface area contributed by atoms with Crippen molar-refractivity contribution >= 4 is 23.3 Å². The van der Waals surface area contributed by atoms with Gasteiger partial charge in [0.1, 0.15) is 5.82 Å². The Bertz CT molecular complexity index is 471. The number of hydrogen-bond acceptors (Lipinski definition) is 1. The molecule has 0 spiro atoms. The molecule has 1 aliphatic heterocycles. The Hall–Kier alpha value is -1.29. The van der Waals surface area contributed by atoms with E-state index in [9.17, 15) is 9.18 Å². The summed E-state index contributed by atoms with van der Waals surface area (Å²) in [6, 6.07) is 4.48. The minimum atomic E-state index is -0.487. The van der Waals surface area contributed by atoms with Gasteiger partial charge >= 0.3 is 6.03 Å². The molecule has 5 heteroatoms. The van der Waals surface area contributed by atoms with Gasteiger partial charge in [0.15, 0.2) is 0 Å². The van der Waals surface area contributed by atoms with Crippen molar-refractivity contribution in [2.75, 3.05) is 5.32 Å². The standard InChI is InChI=1S/C14H18ClFN2O/c1-9-4-3-5-10(2)18(9)14(19)17-11-6-7-13(16)12(15)8-11/h6-10H,3-5H2,1-2H3,(H,17,19)/t9-,10-/m0/s1. The molecule has 2 rings (SSSR count). The molecule has 1 aliphatic rings. The number of likely N-dealkylation sites (tertiary alicyclic amines) is 1. The van der Waals surface area contributed by atoms with Gasteiger partial charge in [0.25, 0.3) is 0 Å². The number of carbonyl (C=O) groups is 1. The van der Waals surface area contributed by atoms with Gasteiger partial charge in [0.2, 0.25) is 0 Å². The van der Waals surface area contributed by atoms with Crippen LogP contribution in [0.2, 0.25) is 5.02 Å². The summed E-state index contributed by atoms with van der Waals surface area (Å²) in [6.45, 7) is 4.10. The zero-order chi connectivity index (χ0) is 14.0. The lowest BCUT2D eigenvalue weighted by molar-refractivity contribution is 0.133. The second-order valence-electron chi connectivity index (χ2n) is 5.10. The molecule has 3 nitrogen and oxygen atoms in total. The van der Waals surface area contributed by atoms with Gasteiger partial charge in [0.05, 0.1) is 5.02 Å². The molecule has 0 saturated carbocycles. The van der Waals surface area contributed by atoms with Crippen LogP contribution in [0.3, 0.4) is 0 Å². The van der Waals surface area contributed by atoms with Crippen LogP contribution in [-0.4, -0.2) is 23.0 Å². The van der Waals surface area contributed by atoms with Gasteiger partial charge in [-0.05, 0) is 51.3 Å². The molecule has 19 heavy (non-hydrogen) atoms. The number of carbonyl (C=O) groups excluding carboxylic acids is 1. The van der Waals surface area contributed by atoms with Gasteiger partial charge in [-0.2, -0.15) is 0 Å². The highest BCUT2D eigenvalue weighted by atomic mass is 35.5. The molecule has 1 saturated heterocycles. The van der Waals surface area contributed by atoms with Gasteiger partial charge in [-0.1, -0.05) is 11.6 Å². The van der Waals surface area contributed by atoms with Crippen LogP contribution in [0, 0.1) is 5.82 Å². The van der Waals surface area contributed by atoms with E-state index in [0.29, 0.717) is 5.69 Å². The van der Waals surface area contributed by atoms with E-state index < -0.39 is 5.82 Å². The maximum Gasteiger partial charge on any atom is 0.322 e. The fourth-order valence-corrected chi connectivity index (χ4v) is 2.76. The predicted molar refractivity (Wildman–Crippen MR) is 75.0 cm³/mol. The van der Waals surface area contributed by atoms with Crippen molar-refractivity contribution < 1.29 is 9.18 Å². The summed E-state index contributed by atoms with van der Waals surface area (Å²) in [7, 11) is 0. The number of nitrogens with one attached hydrogen (secondary N) is 1. The third-order valence-electron chi connectivity index (χ3n) is 3.60. The van der Waals surface area contributed by atoms with Crippen LogP contribution in [0.5, 0.6) is 0 Å². The predicted octanol–water partition coefficient (Wildman–Crippen LogP) is 4.27. The van der Waals surface area contributed by atoms with Crippen molar-refractivity contribution in [3.63, 3.8) is 0 Å². The molecule has 1 fully saturated rings. The van der Waals surface area contributed by atoms with Crippen molar-refractivity contribution in [2.24, 2.45) is 0 Å². The first-order valence-corrected chi connectivity index (χ1v) is 6.91. The average Bonchev–Trinajstić information content (AvgIpc) is 2.33. The smallest absolute Gasteiger partial charge is 0.319 e. The number of piperidine rings is 1. The normalized spacial score (nSPS) is 23.3. The minimum Gasteiger partial charge on any atom is -0.319 e. The number of rotatable bonds is 1. The van der Waals surface area contributed by atoms with E-state index in [1.807, 2.05) is 18.7 Å². The second-order valence-corrected chi connectivity index (χ2v) is 5.50. The Morgan fingerprint density at radius 3 is 2.58 bits per heavy atom. The van der Waals surface area contributed by atoms with Crippen LogP contribution in [0.15, 0.2) is 18.2 Å². The van der Waals surface area contributed by atoms with Gasteiger partial charge in [-0.25, -0.2) is 9.18 Å². The molecular weight excluding hydrogens is 267 g/mol. The fourth-order valence-electron chi connectivity index (χ4n) is 2.58. The van der Waals surface area contributed by atoms with E-state index in [0.717, 1.165) is 19.3 Å². The lowest BCUT2D eigenvalue weighted by Gasteiger charge is -2.38. The summed E-state index contributed by atoms with van der Waals surface area (Å²) in [5, 5.41) is 2.79. The Kier molecular flexibility index (Phi) is 4.30. The van der Waals surface area contributed by atoms with E-state index in [1.165, 1.54) is 18.2 Å². The van der Waals surface area contributed by atoms with Gasteiger partial charge in [-0.15, -0.1) is 0 Å². The van der Waals surface area contributed by atoms with E-state index >= 15 is 0 Å². The van der Waals surface area contributed by atoms with E-state index in [1.54, 1.807) is 0 Å². The lowest BCUT2D eigenvalue weighted by Crippen LogP contribution is -2.49. The van der Waals surface area contributed by atoms with Crippen LogP contribution in [0.25, 0.3) is 0 Å². The van der Waals surface area contributed by atoms with Crippen molar-refractivity contribution in [3.05, 3.63) is 29.0 Å². The van der Waals surface area contributed by atoms with Crippen molar-refractivity contribution in [1.29, 1.82) is 0 Å². The van der Waals surface area contributed by atoms with Crippen LogP contribution >= 0.6 is 11.6 Å².